The maximum atomic E-state index is 6.35. The molecule has 0 spiro atoms. The second kappa shape index (κ2) is 5.65. The third kappa shape index (κ3) is 3.08. The molecule has 0 radical (unpaired) electrons. The van der Waals surface area contributed by atoms with Crippen molar-refractivity contribution in [3.8, 4) is 0 Å². The van der Waals surface area contributed by atoms with Crippen molar-refractivity contribution in [2.75, 3.05) is 7.11 Å². The van der Waals surface area contributed by atoms with Crippen molar-refractivity contribution >= 4 is 0 Å². The van der Waals surface area contributed by atoms with Crippen LogP contribution in [-0.4, -0.2) is 13.2 Å². The van der Waals surface area contributed by atoms with Gasteiger partial charge in [0, 0.05) is 7.11 Å². The topological polar surface area (TPSA) is 35.2 Å². The maximum Gasteiger partial charge on any atom is 0.0786 e. The second-order valence-electron chi connectivity index (χ2n) is 5.26. The van der Waals surface area contributed by atoms with Crippen LogP contribution in [0.1, 0.15) is 42.1 Å². The zero-order valence-electron chi connectivity index (χ0n) is 11.9. The lowest BCUT2D eigenvalue weighted by Crippen LogP contribution is -2.33. The van der Waals surface area contributed by atoms with E-state index in [2.05, 4.69) is 46.8 Å². The molecule has 2 nitrogen and oxygen atoms in total. The number of methoxy groups -OCH3 is 1. The molecule has 0 amide bonds. The summed E-state index contributed by atoms with van der Waals surface area (Å²) in [5, 5.41) is 0. The van der Waals surface area contributed by atoms with E-state index in [1.165, 1.54) is 22.3 Å². The van der Waals surface area contributed by atoms with Crippen LogP contribution in [0.5, 0.6) is 0 Å². The highest BCUT2D eigenvalue weighted by Gasteiger charge is 2.23. The molecule has 17 heavy (non-hydrogen) atoms. The van der Waals surface area contributed by atoms with Crippen LogP contribution in [0, 0.1) is 26.7 Å². The minimum Gasteiger partial charge on any atom is -0.379 e. The molecular weight excluding hydrogens is 210 g/mol. The number of rotatable bonds is 4. The first kappa shape index (κ1) is 14.2. The molecule has 2 unspecified atom stereocenters. The van der Waals surface area contributed by atoms with Gasteiger partial charge in [0.25, 0.3) is 0 Å². The molecule has 0 saturated heterocycles. The Hall–Kier alpha value is -0.860. The normalized spacial score (nSPS) is 15.1. The molecule has 0 aliphatic rings. The Balaban J connectivity index is 3.11. The number of hydrogen-bond acceptors (Lipinski definition) is 2. The Morgan fingerprint density at radius 2 is 1.53 bits per heavy atom. The Bertz CT molecular complexity index is 385. The number of ether oxygens (including phenoxy) is 1. The average molecular weight is 235 g/mol. The summed E-state index contributed by atoms with van der Waals surface area (Å²) in [4.78, 5) is 0. The van der Waals surface area contributed by atoms with Gasteiger partial charge in [-0.3, -0.25) is 0 Å². The van der Waals surface area contributed by atoms with Gasteiger partial charge in [-0.05, 0) is 48.9 Å². The molecule has 1 aromatic carbocycles. The Kier molecular flexibility index (Phi) is 4.72. The van der Waals surface area contributed by atoms with Crippen LogP contribution < -0.4 is 5.73 Å². The van der Waals surface area contributed by atoms with Gasteiger partial charge >= 0.3 is 0 Å². The third-order valence-electron chi connectivity index (χ3n) is 3.52. The fraction of sp³-hybridized carbons (Fsp3) is 0.600. The summed E-state index contributed by atoms with van der Waals surface area (Å²) in [5.41, 5.74) is 11.4. The van der Waals surface area contributed by atoms with Crippen molar-refractivity contribution in [1.29, 1.82) is 0 Å². The Morgan fingerprint density at radius 3 is 2.00 bits per heavy atom. The second-order valence-corrected chi connectivity index (χ2v) is 5.26. The van der Waals surface area contributed by atoms with E-state index < -0.39 is 0 Å². The Morgan fingerprint density at radius 1 is 1.00 bits per heavy atom. The lowest BCUT2D eigenvalue weighted by molar-refractivity contribution is 0.0435. The van der Waals surface area contributed by atoms with Gasteiger partial charge in [-0.1, -0.05) is 26.0 Å². The predicted molar refractivity (Wildman–Crippen MR) is 73.2 cm³/mol. The summed E-state index contributed by atoms with van der Waals surface area (Å²) in [5.74, 6) is 0.413. The highest BCUT2D eigenvalue weighted by Crippen LogP contribution is 2.26. The molecule has 0 aliphatic carbocycles. The van der Waals surface area contributed by atoms with Gasteiger partial charge in [-0.25, -0.2) is 0 Å². The average Bonchev–Trinajstić information content (AvgIpc) is 2.23. The molecule has 0 bridgehead atoms. The largest absolute Gasteiger partial charge is 0.379 e. The van der Waals surface area contributed by atoms with Crippen molar-refractivity contribution in [1.82, 2.24) is 0 Å². The zero-order chi connectivity index (χ0) is 13.2. The number of aryl methyl sites for hydroxylation is 3. The molecule has 0 aromatic heterocycles. The molecule has 2 atom stereocenters. The summed E-state index contributed by atoms with van der Waals surface area (Å²) < 4.78 is 5.53. The van der Waals surface area contributed by atoms with Gasteiger partial charge in [0.1, 0.15) is 0 Å². The van der Waals surface area contributed by atoms with E-state index in [4.69, 9.17) is 10.5 Å². The van der Waals surface area contributed by atoms with E-state index in [-0.39, 0.29) is 12.1 Å². The molecule has 0 fully saturated rings. The van der Waals surface area contributed by atoms with Crippen LogP contribution in [0.25, 0.3) is 0 Å². The zero-order valence-corrected chi connectivity index (χ0v) is 11.9. The number of hydrogen-bond donors (Lipinski definition) is 1. The van der Waals surface area contributed by atoms with Crippen molar-refractivity contribution in [2.45, 2.75) is 46.8 Å². The standard InChI is InChI=1S/C15H25NO/c1-9(2)15(17-6)14(16)13-8-11(4)10(3)7-12(13)5/h7-9,14-15H,16H2,1-6H3. The van der Waals surface area contributed by atoms with E-state index >= 15 is 0 Å². The number of nitrogens with two attached hydrogens (primary N) is 1. The Labute approximate surface area is 105 Å². The minimum atomic E-state index is -0.0562. The molecule has 2 N–H and O–H groups in total. The van der Waals surface area contributed by atoms with Crippen LogP contribution in [0.2, 0.25) is 0 Å². The molecule has 0 heterocycles. The van der Waals surface area contributed by atoms with E-state index in [0.29, 0.717) is 5.92 Å². The third-order valence-corrected chi connectivity index (χ3v) is 3.52. The van der Waals surface area contributed by atoms with Crippen LogP contribution >= 0.6 is 0 Å². The summed E-state index contributed by atoms with van der Waals surface area (Å²) >= 11 is 0. The van der Waals surface area contributed by atoms with Crippen molar-refractivity contribution in [2.24, 2.45) is 11.7 Å². The van der Waals surface area contributed by atoms with E-state index in [1.54, 1.807) is 7.11 Å². The lowest BCUT2D eigenvalue weighted by Gasteiger charge is -2.28. The van der Waals surface area contributed by atoms with Crippen LogP contribution in [0.3, 0.4) is 0 Å². The van der Waals surface area contributed by atoms with Crippen LogP contribution in [0.4, 0.5) is 0 Å². The molecule has 1 aromatic rings. The minimum absolute atomic E-state index is 0.0562. The maximum absolute atomic E-state index is 6.35. The van der Waals surface area contributed by atoms with E-state index in [9.17, 15) is 0 Å². The van der Waals surface area contributed by atoms with Gasteiger partial charge in [-0.2, -0.15) is 0 Å². The number of benzene rings is 1. The fourth-order valence-corrected chi connectivity index (χ4v) is 2.35. The SMILES string of the molecule is COC(C(C)C)C(N)c1cc(C)c(C)cc1C. The molecule has 0 aliphatic heterocycles. The first-order valence-corrected chi connectivity index (χ1v) is 6.24. The fourth-order valence-electron chi connectivity index (χ4n) is 2.35. The van der Waals surface area contributed by atoms with Crippen molar-refractivity contribution in [3.63, 3.8) is 0 Å². The first-order valence-electron chi connectivity index (χ1n) is 6.24. The molecule has 2 heteroatoms. The monoisotopic (exact) mass is 235 g/mol. The molecule has 0 saturated carbocycles. The van der Waals surface area contributed by atoms with Crippen molar-refractivity contribution < 1.29 is 4.74 Å². The quantitative estimate of drug-likeness (QED) is 0.869. The van der Waals surface area contributed by atoms with Crippen molar-refractivity contribution in [3.05, 3.63) is 34.4 Å². The van der Waals surface area contributed by atoms with Gasteiger partial charge in [-0.15, -0.1) is 0 Å². The molecule has 96 valence electrons. The summed E-state index contributed by atoms with van der Waals surface area (Å²) in [6, 6.07) is 4.35. The smallest absolute Gasteiger partial charge is 0.0786 e. The summed E-state index contributed by atoms with van der Waals surface area (Å²) in [7, 11) is 1.74. The van der Waals surface area contributed by atoms with Gasteiger partial charge in [0.05, 0.1) is 12.1 Å². The molecule has 1 rings (SSSR count). The van der Waals surface area contributed by atoms with Crippen LogP contribution in [-0.2, 0) is 4.74 Å². The van der Waals surface area contributed by atoms with Gasteiger partial charge in [0.15, 0.2) is 0 Å². The highest BCUT2D eigenvalue weighted by atomic mass is 16.5. The van der Waals surface area contributed by atoms with Gasteiger partial charge in [0.2, 0.25) is 0 Å². The van der Waals surface area contributed by atoms with Gasteiger partial charge < -0.3 is 10.5 Å². The molecular formula is C15H25NO. The predicted octanol–water partition coefficient (Wildman–Crippen LogP) is 3.28. The first-order chi connectivity index (χ1) is 7.88. The van der Waals surface area contributed by atoms with E-state index in [0.717, 1.165) is 0 Å². The lowest BCUT2D eigenvalue weighted by atomic mass is 9.89. The summed E-state index contributed by atoms with van der Waals surface area (Å²) in [6.45, 7) is 10.7. The van der Waals surface area contributed by atoms with E-state index in [1.807, 2.05) is 0 Å². The van der Waals surface area contributed by atoms with Crippen LogP contribution in [0.15, 0.2) is 12.1 Å². The summed E-state index contributed by atoms with van der Waals surface area (Å²) in [6.07, 6.45) is 0.0656. The highest BCUT2D eigenvalue weighted by molar-refractivity contribution is 5.38.